The summed E-state index contributed by atoms with van der Waals surface area (Å²) in [7, 11) is 10.7. The highest BCUT2D eigenvalue weighted by Gasteiger charge is 2.58. The Labute approximate surface area is 590 Å². The number of carbonyl (C=O) groups excluding carboxylic acids is 2. The molecule has 0 amide bonds. The maximum Gasteiger partial charge on any atom is 0.311 e. The third-order valence-corrected chi connectivity index (χ3v) is 23.1. The molecule has 26 nitrogen and oxygen atoms in total. The van der Waals surface area contributed by atoms with Crippen molar-refractivity contribution in [2.45, 2.75) is 358 Å². The molecule has 0 aromatic heterocycles. The van der Waals surface area contributed by atoms with Crippen molar-refractivity contribution in [3.8, 4) is 0 Å². The lowest BCUT2D eigenvalue weighted by Crippen LogP contribution is -2.60. The molecular weight excluding hydrogens is 1280 g/mol. The van der Waals surface area contributed by atoms with E-state index in [1.807, 2.05) is 114 Å². The fraction of sp³-hybridized carbons (Fsp3) is 0.945. The molecule has 6 saturated heterocycles. The van der Waals surface area contributed by atoms with Crippen molar-refractivity contribution in [1.29, 1.82) is 0 Å². The highest BCUT2D eigenvalue weighted by molar-refractivity contribution is 5.82. The van der Waals surface area contributed by atoms with Crippen molar-refractivity contribution in [3.05, 3.63) is 0 Å². The molecule has 0 saturated carbocycles. The molecule has 0 aromatic rings. The van der Waals surface area contributed by atoms with Crippen LogP contribution < -0.4 is 0 Å². The Hall–Kier alpha value is -2.84. The molecule has 574 valence electrons. The van der Waals surface area contributed by atoms with Crippen LogP contribution in [-0.4, -0.2) is 275 Å². The minimum atomic E-state index is -1.52. The Bertz CT molecular complexity index is 2690. The number of likely N-dealkylation sites (N-methyl/N-ethyl adjacent to an activating group) is 2. The van der Waals surface area contributed by atoms with Crippen LogP contribution in [0.3, 0.4) is 0 Å². The highest BCUT2D eigenvalue weighted by Crippen LogP contribution is 2.46. The summed E-state index contributed by atoms with van der Waals surface area (Å²) in [5, 5.41) is 68.7. The summed E-state index contributed by atoms with van der Waals surface area (Å²) in [5.74, 6) is -2.92. The Morgan fingerprint density at radius 3 is 1.38 bits per heavy atom. The predicted molar refractivity (Wildman–Crippen MR) is 368 cm³/mol. The van der Waals surface area contributed by atoms with Gasteiger partial charge in [-0.1, -0.05) is 41.5 Å². The van der Waals surface area contributed by atoms with Gasteiger partial charge >= 0.3 is 11.9 Å². The summed E-state index contributed by atoms with van der Waals surface area (Å²) in [5.41, 5.74) is -6.56. The van der Waals surface area contributed by atoms with Gasteiger partial charge in [-0.2, -0.15) is 0 Å². The van der Waals surface area contributed by atoms with Crippen LogP contribution in [0.5, 0.6) is 0 Å². The normalized spacial score (nSPS) is 49.2. The van der Waals surface area contributed by atoms with Gasteiger partial charge in [-0.25, -0.2) is 0 Å². The molecule has 2 unspecified atom stereocenters. The zero-order valence-electron chi connectivity index (χ0n) is 64.4. The standard InChI is InChI=1S/C37H66N2O11.C36H64N2O11/c1-14-26-35(8,43)17-20(3)38-32-19(2)16-37(10,50-32)31(49-34-28(40)25(39(11)12)15-21(4)45-34)22(5)29(23(6)33(42)47-26)48-27-18-36(9,44-13)30(41)24(7)46-27;1-13-25-35(8)17-19(2)31(49-35)37-15-14-34(7,42)30(48-33-27(39)24(38(10)11)16-20(3)44-33)21(4)28(22(5)32(41)46-25)47-26-18-36(9,43-12)29(40)23(6)45-26/h19-31,34,40-41,43H,14-18H2,1-13H3;19-30,33,39-40,42H,13-18H2,1-12H3/t19-,20?,21-,22+,23-,24+,25+,26-,27+,28-,29+,30+,31-,34+,35+,36-,37-;19?,20-,21+,22-,23+,24+,25-,26+,27-,28+,29+,30-,33+,34+,35-,36-/m11/s1. The van der Waals surface area contributed by atoms with E-state index in [-0.39, 0.29) is 74.4 Å². The first-order valence-corrected chi connectivity index (χ1v) is 36.7. The fourth-order valence-electron chi connectivity index (χ4n) is 17.0. The van der Waals surface area contributed by atoms with Crippen molar-refractivity contribution in [3.63, 3.8) is 0 Å². The van der Waals surface area contributed by atoms with Gasteiger partial charge in [0.05, 0.1) is 77.4 Å². The van der Waals surface area contributed by atoms with Gasteiger partial charge in [-0.3, -0.25) is 19.6 Å². The van der Waals surface area contributed by atoms with Crippen LogP contribution in [0.15, 0.2) is 9.98 Å². The second kappa shape index (κ2) is 33.3. The molecule has 8 aliphatic rings. The first-order valence-electron chi connectivity index (χ1n) is 36.7. The second-order valence-electron chi connectivity index (χ2n) is 32.5. The minimum absolute atomic E-state index is 0.00145. The third-order valence-electron chi connectivity index (χ3n) is 23.1. The number of cyclic esters (lactones) is 2. The topological polar surface area (TPSA) is 316 Å². The van der Waals surface area contributed by atoms with E-state index in [9.17, 15) is 40.2 Å². The summed E-state index contributed by atoms with van der Waals surface area (Å²) in [6, 6.07) is -0.773. The summed E-state index contributed by atoms with van der Waals surface area (Å²) in [6.45, 7) is 35.7. The van der Waals surface area contributed by atoms with E-state index in [0.717, 1.165) is 0 Å². The molecule has 6 fully saturated rings. The second-order valence-corrected chi connectivity index (χ2v) is 32.5. The maximum atomic E-state index is 14.2. The molecular formula is C73H130N4O22. The van der Waals surface area contributed by atoms with Crippen LogP contribution >= 0.6 is 0 Å². The number of hydrogen-bond acceptors (Lipinski definition) is 26. The molecule has 33 atom stereocenters. The van der Waals surface area contributed by atoms with Gasteiger partial charge in [-0.05, 0) is 150 Å². The highest BCUT2D eigenvalue weighted by atomic mass is 16.7. The fourth-order valence-corrected chi connectivity index (χ4v) is 17.0. The van der Waals surface area contributed by atoms with E-state index in [1.165, 1.54) is 7.11 Å². The Balaban J connectivity index is 0.000000278. The van der Waals surface area contributed by atoms with E-state index in [0.29, 0.717) is 50.3 Å². The van der Waals surface area contributed by atoms with Crippen molar-refractivity contribution in [1.82, 2.24) is 9.80 Å². The Morgan fingerprint density at radius 2 is 0.939 bits per heavy atom. The molecule has 8 aliphatic heterocycles. The SMILES string of the molecule is CC[C@H]1OC(=O)[C@H](C)[C@@H](O[C@H]2C[C@@](C)(OC)[C@@H](O)[C@H](C)O2)[C@H](C)[C@@H](O[C@@H]2O[C@H](C)C[C@H](N(C)C)[C@H]2O)[C@@](C)(O)CCN=C2O[C@]1(C)CC2C.CC[C@H]1OC(=O)[C@H](C)[C@@H](O[C@H]2C[C@@](C)(OC)[C@@H](O)[C@H](C)O2)[C@H](C)[C@@H](O[C@@H]2O[C@H](C)C[C@H](N(C)C)[C@H]2O)[C@@]2(C)C[C@@H](C)C(=NC(C)C[C@]1(C)O)O2. The number of hydrogen-bond donors (Lipinski definition) is 6. The van der Waals surface area contributed by atoms with Gasteiger partial charge in [0.25, 0.3) is 0 Å². The molecule has 0 aromatic carbocycles. The number of carbonyl (C=O) groups is 2. The van der Waals surface area contributed by atoms with Gasteiger partial charge in [0.15, 0.2) is 37.0 Å². The molecule has 26 heteroatoms. The van der Waals surface area contributed by atoms with Crippen molar-refractivity contribution < 1.29 is 107 Å². The van der Waals surface area contributed by atoms with E-state index in [2.05, 4.69) is 6.92 Å². The molecule has 0 radical (unpaired) electrons. The van der Waals surface area contributed by atoms with Gasteiger partial charge in [0.1, 0.15) is 59.5 Å². The zero-order valence-corrected chi connectivity index (χ0v) is 64.4. The van der Waals surface area contributed by atoms with E-state index >= 15 is 0 Å². The largest absolute Gasteiger partial charge is 0.472 e. The first kappa shape index (κ1) is 83.4. The average Bonchev–Trinajstić information content (AvgIpc) is 1.63. The van der Waals surface area contributed by atoms with Crippen LogP contribution in [0.2, 0.25) is 0 Å². The van der Waals surface area contributed by atoms with Gasteiger partial charge in [0, 0.05) is 88.6 Å². The lowest BCUT2D eigenvalue weighted by Gasteiger charge is -2.48. The number of methoxy groups -OCH3 is 2. The Kier molecular flexibility index (Phi) is 28.1. The van der Waals surface area contributed by atoms with Crippen molar-refractivity contribution in [2.75, 3.05) is 49.0 Å². The van der Waals surface area contributed by atoms with Crippen LogP contribution in [-0.2, 0) is 75.9 Å². The van der Waals surface area contributed by atoms with Crippen LogP contribution in [0, 0.1) is 35.5 Å². The number of fused-ring (bicyclic) bond motifs is 4. The minimum Gasteiger partial charge on any atom is -0.472 e. The smallest absolute Gasteiger partial charge is 0.311 e. The molecule has 0 aliphatic carbocycles. The molecule has 99 heavy (non-hydrogen) atoms. The molecule has 8 heterocycles. The number of esters is 2. The molecule has 6 N–H and O–H groups in total. The zero-order chi connectivity index (χ0) is 74.1. The van der Waals surface area contributed by atoms with Crippen molar-refractivity contribution in [2.24, 2.45) is 45.5 Å². The van der Waals surface area contributed by atoms with E-state index in [4.69, 9.17) is 76.3 Å². The monoisotopic (exact) mass is 1410 g/mol. The summed E-state index contributed by atoms with van der Waals surface area (Å²) in [4.78, 5) is 41.9. The van der Waals surface area contributed by atoms with Crippen molar-refractivity contribution >= 4 is 23.7 Å². The number of aliphatic hydroxyl groups excluding tert-OH is 4. The van der Waals surface area contributed by atoms with E-state index in [1.54, 1.807) is 55.6 Å². The number of aliphatic hydroxyl groups is 6. The van der Waals surface area contributed by atoms with Crippen LogP contribution in [0.1, 0.15) is 196 Å². The summed E-state index contributed by atoms with van der Waals surface area (Å²) >= 11 is 0. The first-order chi connectivity index (χ1) is 45.9. The van der Waals surface area contributed by atoms with E-state index < -0.39 is 168 Å². The molecule has 4 bridgehead atoms. The lowest BCUT2D eigenvalue weighted by atomic mass is 9.79. The third kappa shape index (κ3) is 18.9. The predicted octanol–water partition coefficient (Wildman–Crippen LogP) is 6.48. The molecule has 0 spiro atoms. The van der Waals surface area contributed by atoms with Crippen LogP contribution in [0.4, 0.5) is 0 Å². The number of aliphatic imine (C=N–C) groups is 2. The van der Waals surface area contributed by atoms with Gasteiger partial charge < -0.3 is 107 Å². The van der Waals surface area contributed by atoms with Crippen LogP contribution in [0.25, 0.3) is 0 Å². The Morgan fingerprint density at radius 1 is 0.525 bits per heavy atom. The van der Waals surface area contributed by atoms with Gasteiger partial charge in [-0.15, -0.1) is 0 Å². The average molecular weight is 1420 g/mol. The number of rotatable bonds is 14. The van der Waals surface area contributed by atoms with Gasteiger partial charge in [0.2, 0.25) is 0 Å². The maximum absolute atomic E-state index is 14.2. The summed E-state index contributed by atoms with van der Waals surface area (Å²) < 4.78 is 88.9. The summed E-state index contributed by atoms with van der Waals surface area (Å²) in [6.07, 6.45) is -9.93. The number of ether oxygens (including phenoxy) is 14. The number of nitrogens with zero attached hydrogens (tertiary/aromatic N) is 4. The molecule has 8 rings (SSSR count). The quantitative estimate of drug-likeness (QED) is 0.101. The lowest BCUT2D eigenvalue weighted by molar-refractivity contribution is -0.317.